The van der Waals surface area contributed by atoms with Gasteiger partial charge in [0, 0.05) is 0 Å². The van der Waals surface area contributed by atoms with Crippen molar-refractivity contribution in [1.29, 1.82) is 0 Å². The molecule has 0 radical (unpaired) electrons. The minimum atomic E-state index is 0.442. The monoisotopic (exact) mass is 283 g/mol. The van der Waals surface area contributed by atoms with Gasteiger partial charge in [0.15, 0.2) is 0 Å². The number of rotatable bonds is 0. The maximum absolute atomic E-state index is 4.56. The average Bonchev–Trinajstić information content (AvgIpc) is 2.77. The molecule has 0 amide bonds. The number of nitrogens with zero attached hydrogens (tertiary/aromatic N) is 1. The molecule has 4 rings (SSSR count). The van der Waals surface area contributed by atoms with E-state index in [0.717, 1.165) is 5.52 Å². The summed E-state index contributed by atoms with van der Waals surface area (Å²) in [5.74, 6) is 0. The molecule has 2 heteroatoms. The second-order valence-corrected chi connectivity index (χ2v) is 6.39. The first-order chi connectivity index (χ1) is 8.43. The first-order valence-corrected chi connectivity index (χ1v) is 7.30. The van der Waals surface area contributed by atoms with Gasteiger partial charge in [-0.3, -0.25) is 0 Å². The van der Waals surface area contributed by atoms with E-state index in [0.29, 0.717) is 14.5 Å². The summed E-state index contributed by atoms with van der Waals surface area (Å²) in [5.41, 5.74) is 1.15. The fourth-order valence-corrected chi connectivity index (χ4v) is 4.68. The second kappa shape index (κ2) is 3.43. The van der Waals surface area contributed by atoms with E-state index in [9.17, 15) is 0 Å². The Morgan fingerprint density at radius 2 is 1.76 bits per heavy atom. The summed E-state index contributed by atoms with van der Waals surface area (Å²) < 4.78 is 2.94. The zero-order valence-electron chi connectivity index (χ0n) is 9.05. The Labute approximate surface area is 104 Å². The van der Waals surface area contributed by atoms with E-state index < -0.39 is 0 Å². The number of fused-ring (bicyclic) bond motifs is 5. The number of aromatic nitrogens is 1. The van der Waals surface area contributed by atoms with Crippen LogP contribution < -0.4 is 0 Å². The van der Waals surface area contributed by atoms with E-state index in [1.165, 1.54) is 24.7 Å². The molecule has 0 aliphatic rings. The van der Waals surface area contributed by atoms with E-state index in [4.69, 9.17) is 0 Å². The molecule has 0 atom stereocenters. The molecule has 0 saturated heterocycles. The predicted octanol–water partition coefficient (Wildman–Crippen LogP) is 3.60. The molecule has 0 fully saturated rings. The van der Waals surface area contributed by atoms with Crippen molar-refractivity contribution < 1.29 is 0 Å². The third kappa shape index (κ3) is 1.28. The van der Waals surface area contributed by atoms with Gasteiger partial charge >= 0.3 is 104 Å². The van der Waals surface area contributed by atoms with Gasteiger partial charge < -0.3 is 0 Å². The molecule has 4 aromatic rings. The van der Waals surface area contributed by atoms with E-state index in [2.05, 4.69) is 47.4 Å². The molecule has 80 valence electrons. The number of benzene rings is 2. The van der Waals surface area contributed by atoms with E-state index in [1.54, 1.807) is 0 Å². The number of hydrogen-bond acceptors (Lipinski definition) is 1. The van der Waals surface area contributed by atoms with Crippen LogP contribution in [0.25, 0.3) is 30.2 Å². The summed E-state index contributed by atoms with van der Waals surface area (Å²) in [6, 6.07) is 17.3. The molecule has 0 aliphatic carbocycles. The van der Waals surface area contributed by atoms with Crippen LogP contribution in [0.2, 0.25) is 0 Å². The molecule has 1 nitrogen and oxygen atoms in total. The maximum atomic E-state index is 4.56. The van der Waals surface area contributed by atoms with Gasteiger partial charge in [0.1, 0.15) is 0 Å². The van der Waals surface area contributed by atoms with Gasteiger partial charge in [-0.05, 0) is 0 Å². The SMILES string of the molecule is c1cnc2c(c1)ccc1[se]c3ccccc3c12. The average molecular weight is 282 g/mol. The fraction of sp³-hybridized carbons (Fsp3) is 0. The van der Waals surface area contributed by atoms with E-state index >= 15 is 0 Å². The van der Waals surface area contributed by atoms with Crippen LogP contribution in [0.4, 0.5) is 0 Å². The van der Waals surface area contributed by atoms with Gasteiger partial charge in [0.2, 0.25) is 0 Å². The van der Waals surface area contributed by atoms with Crippen LogP contribution in [0.1, 0.15) is 0 Å². The third-order valence-electron chi connectivity index (χ3n) is 3.11. The van der Waals surface area contributed by atoms with Crippen molar-refractivity contribution >= 4 is 44.7 Å². The molecule has 0 spiro atoms. The Morgan fingerprint density at radius 3 is 2.76 bits per heavy atom. The van der Waals surface area contributed by atoms with Crippen molar-refractivity contribution in [3.05, 3.63) is 54.7 Å². The standard InChI is InChI=1S/C15H9NSe/c1-2-6-12-11(5-1)14-13(17-12)8-7-10-4-3-9-16-15(10)14/h1-9H. The normalized spacial score (nSPS) is 11.5. The van der Waals surface area contributed by atoms with Crippen LogP contribution in [0, 0.1) is 0 Å². The first kappa shape index (κ1) is 9.40. The second-order valence-electron chi connectivity index (χ2n) is 4.11. The van der Waals surface area contributed by atoms with Crippen molar-refractivity contribution in [3.8, 4) is 0 Å². The molecule has 0 unspecified atom stereocenters. The van der Waals surface area contributed by atoms with E-state index in [1.807, 2.05) is 12.3 Å². The molecule has 0 N–H and O–H groups in total. The molecule has 2 heterocycles. The summed E-state index contributed by atoms with van der Waals surface area (Å²) in [6.45, 7) is 0. The Kier molecular flexibility index (Phi) is 1.90. The van der Waals surface area contributed by atoms with Gasteiger partial charge in [-0.25, -0.2) is 0 Å². The Hall–Kier alpha value is -1.63. The molecule has 0 aliphatic heterocycles. The minimum absolute atomic E-state index is 0.442. The zero-order valence-corrected chi connectivity index (χ0v) is 10.8. The Balaban J connectivity index is 2.38. The quantitative estimate of drug-likeness (QED) is 0.449. The van der Waals surface area contributed by atoms with E-state index in [-0.39, 0.29) is 0 Å². The topological polar surface area (TPSA) is 12.9 Å². The molecule has 2 aromatic heterocycles. The van der Waals surface area contributed by atoms with Gasteiger partial charge in [-0.1, -0.05) is 0 Å². The zero-order chi connectivity index (χ0) is 11.2. The van der Waals surface area contributed by atoms with Crippen LogP contribution in [0.5, 0.6) is 0 Å². The van der Waals surface area contributed by atoms with Crippen LogP contribution in [0.3, 0.4) is 0 Å². The van der Waals surface area contributed by atoms with Gasteiger partial charge in [-0.2, -0.15) is 0 Å². The van der Waals surface area contributed by atoms with Crippen molar-refractivity contribution in [3.63, 3.8) is 0 Å². The van der Waals surface area contributed by atoms with Gasteiger partial charge in [0.05, 0.1) is 0 Å². The summed E-state index contributed by atoms with van der Waals surface area (Å²) in [7, 11) is 0. The van der Waals surface area contributed by atoms with Gasteiger partial charge in [-0.15, -0.1) is 0 Å². The molecule has 2 aromatic carbocycles. The van der Waals surface area contributed by atoms with Crippen molar-refractivity contribution in [2.24, 2.45) is 0 Å². The molecular weight excluding hydrogens is 273 g/mol. The summed E-state index contributed by atoms with van der Waals surface area (Å²) in [6.07, 6.45) is 1.89. The van der Waals surface area contributed by atoms with Crippen LogP contribution >= 0.6 is 0 Å². The Bertz CT molecular complexity index is 839. The van der Waals surface area contributed by atoms with Crippen molar-refractivity contribution in [2.75, 3.05) is 0 Å². The Morgan fingerprint density at radius 1 is 0.824 bits per heavy atom. The summed E-state index contributed by atoms with van der Waals surface area (Å²) in [5, 5.41) is 3.98. The first-order valence-electron chi connectivity index (χ1n) is 5.58. The fourth-order valence-electron chi connectivity index (χ4n) is 2.35. The molecule has 0 bridgehead atoms. The van der Waals surface area contributed by atoms with Crippen molar-refractivity contribution in [1.82, 2.24) is 4.98 Å². The number of hydrogen-bond donors (Lipinski definition) is 0. The third-order valence-corrected chi connectivity index (χ3v) is 5.50. The molecular formula is C15H9NSe. The summed E-state index contributed by atoms with van der Waals surface area (Å²) >= 11 is 0.442. The predicted molar refractivity (Wildman–Crippen MR) is 73.7 cm³/mol. The van der Waals surface area contributed by atoms with Crippen LogP contribution in [0.15, 0.2) is 54.7 Å². The molecule has 17 heavy (non-hydrogen) atoms. The number of pyridine rings is 1. The summed E-state index contributed by atoms with van der Waals surface area (Å²) in [4.78, 5) is 4.56. The van der Waals surface area contributed by atoms with Gasteiger partial charge in [0.25, 0.3) is 0 Å². The van der Waals surface area contributed by atoms with Crippen LogP contribution in [-0.2, 0) is 0 Å². The molecule has 0 saturated carbocycles. The van der Waals surface area contributed by atoms with Crippen LogP contribution in [-0.4, -0.2) is 19.5 Å². The van der Waals surface area contributed by atoms with Crippen molar-refractivity contribution in [2.45, 2.75) is 0 Å².